The van der Waals surface area contributed by atoms with Gasteiger partial charge >= 0.3 is 0 Å². The second kappa shape index (κ2) is 9.88. The number of rotatable bonds is 6. The number of hydrogen-bond acceptors (Lipinski definition) is 5. The van der Waals surface area contributed by atoms with Crippen LogP contribution < -0.4 is 10.6 Å². The Morgan fingerprint density at radius 1 is 1.12 bits per heavy atom. The van der Waals surface area contributed by atoms with Gasteiger partial charge in [-0.3, -0.25) is 14.6 Å². The van der Waals surface area contributed by atoms with Gasteiger partial charge in [-0.25, -0.2) is 4.39 Å². The van der Waals surface area contributed by atoms with Crippen molar-refractivity contribution in [2.45, 2.75) is 63.2 Å². The van der Waals surface area contributed by atoms with E-state index >= 15 is 0 Å². The third-order valence-corrected chi connectivity index (χ3v) is 6.83. The highest BCUT2D eigenvalue weighted by Crippen LogP contribution is 2.33. The summed E-state index contributed by atoms with van der Waals surface area (Å²) < 4.78 is 13.2. The van der Waals surface area contributed by atoms with Gasteiger partial charge in [-0.2, -0.15) is 0 Å². The van der Waals surface area contributed by atoms with Crippen molar-refractivity contribution >= 4 is 11.7 Å². The molecule has 2 N–H and O–H groups in total. The average Bonchev–Trinajstić information content (AvgIpc) is 3.33. The van der Waals surface area contributed by atoms with Gasteiger partial charge in [0.1, 0.15) is 5.82 Å². The largest absolute Gasteiger partial charge is 0.334 e. The summed E-state index contributed by atoms with van der Waals surface area (Å²) in [6.45, 7) is 2.85. The summed E-state index contributed by atoms with van der Waals surface area (Å²) in [5.74, 6) is -0.444. The molecular weight excluding hydrogens is 407 g/mol. The maximum absolute atomic E-state index is 13.4. The lowest BCUT2D eigenvalue weighted by Gasteiger charge is -2.37. The van der Waals surface area contributed by atoms with E-state index in [4.69, 9.17) is 0 Å². The predicted molar refractivity (Wildman–Crippen MR) is 121 cm³/mol. The summed E-state index contributed by atoms with van der Waals surface area (Å²) in [7, 11) is 1.95. The van der Waals surface area contributed by atoms with E-state index in [0.29, 0.717) is 23.7 Å². The number of likely N-dealkylation sites (tertiary alicyclic amines) is 1. The maximum atomic E-state index is 13.4. The summed E-state index contributed by atoms with van der Waals surface area (Å²) in [4.78, 5) is 32.5. The molecule has 2 saturated heterocycles. The highest BCUT2D eigenvalue weighted by Gasteiger charge is 2.37. The molecule has 1 aromatic carbocycles. The Morgan fingerprint density at radius 3 is 2.66 bits per heavy atom. The van der Waals surface area contributed by atoms with Gasteiger partial charge in [0.25, 0.3) is 0 Å². The number of nitrogens with one attached hydrogen (secondary N) is 2. The molecule has 0 saturated carbocycles. The summed E-state index contributed by atoms with van der Waals surface area (Å²) >= 11 is 0. The van der Waals surface area contributed by atoms with E-state index in [2.05, 4.69) is 22.5 Å². The van der Waals surface area contributed by atoms with E-state index in [1.165, 1.54) is 30.5 Å². The van der Waals surface area contributed by atoms with Crippen molar-refractivity contribution in [3.63, 3.8) is 0 Å². The van der Waals surface area contributed by atoms with Crippen LogP contribution in [0.1, 0.15) is 66.6 Å². The Balaban J connectivity index is 1.51. The first-order valence-electron chi connectivity index (χ1n) is 11.5. The van der Waals surface area contributed by atoms with Crippen LogP contribution in [-0.2, 0) is 4.79 Å². The number of hydrogen-bond donors (Lipinski definition) is 2. The molecule has 0 radical (unpaired) electrons. The lowest BCUT2D eigenvalue weighted by molar-refractivity contribution is -0.135. The van der Waals surface area contributed by atoms with Crippen LogP contribution in [0.25, 0.3) is 0 Å². The van der Waals surface area contributed by atoms with Crippen LogP contribution in [0.4, 0.5) is 4.39 Å². The van der Waals surface area contributed by atoms with Crippen molar-refractivity contribution < 1.29 is 14.0 Å². The number of halogens is 1. The van der Waals surface area contributed by atoms with Crippen molar-refractivity contribution in [2.24, 2.45) is 0 Å². The smallest absolute Gasteiger partial charge is 0.240 e. The Hall–Kier alpha value is -2.64. The topological polar surface area (TPSA) is 74.3 Å². The van der Waals surface area contributed by atoms with E-state index in [1.807, 2.05) is 18.0 Å². The number of carbonyl (C=O) groups is 2. The third-order valence-electron chi connectivity index (χ3n) is 6.83. The van der Waals surface area contributed by atoms with E-state index in [9.17, 15) is 14.0 Å². The summed E-state index contributed by atoms with van der Waals surface area (Å²) in [6, 6.07) is 7.67. The highest BCUT2D eigenvalue weighted by atomic mass is 19.1. The predicted octanol–water partition coefficient (Wildman–Crippen LogP) is 3.23. The molecule has 2 aromatic rings. The fourth-order valence-electron chi connectivity index (χ4n) is 4.87. The zero-order valence-electron chi connectivity index (χ0n) is 18.7. The van der Waals surface area contributed by atoms with Crippen LogP contribution in [-0.4, -0.2) is 53.3 Å². The Kier molecular flexibility index (Phi) is 6.96. The third kappa shape index (κ3) is 4.74. The maximum Gasteiger partial charge on any atom is 0.240 e. The van der Waals surface area contributed by atoms with E-state index in [0.717, 1.165) is 37.7 Å². The first-order valence-corrected chi connectivity index (χ1v) is 11.5. The normalized spacial score (nSPS) is 24.3. The quantitative estimate of drug-likeness (QED) is 0.678. The molecule has 1 amide bonds. The molecule has 32 heavy (non-hydrogen) atoms. The first kappa shape index (κ1) is 22.6. The molecule has 2 aliphatic heterocycles. The van der Waals surface area contributed by atoms with Crippen LogP contribution >= 0.6 is 0 Å². The number of ketones is 1. The highest BCUT2D eigenvalue weighted by molar-refractivity contribution is 6.08. The van der Waals surface area contributed by atoms with E-state index < -0.39 is 0 Å². The lowest BCUT2D eigenvalue weighted by atomic mass is 9.93. The molecule has 4 rings (SSSR count). The Morgan fingerprint density at radius 2 is 1.91 bits per heavy atom. The standard InChI is InChI=1S/C25H31FN4O2/c1-16(27-2)21-5-3-6-22(29-21)25(32)30-12-4-7-23(30)18-13-19(15-28-14-18)24(31)17-8-10-20(26)11-9-17/h8-11,13-16,21-23,27,29H,3-7,12H2,1-2H3. The van der Waals surface area contributed by atoms with Crippen molar-refractivity contribution in [2.75, 3.05) is 13.6 Å². The summed E-state index contributed by atoms with van der Waals surface area (Å²) in [5, 5.41) is 6.84. The molecule has 7 heteroatoms. The fourth-order valence-corrected chi connectivity index (χ4v) is 4.87. The zero-order valence-corrected chi connectivity index (χ0v) is 18.7. The summed E-state index contributed by atoms with van der Waals surface area (Å²) in [5.41, 5.74) is 1.74. The Labute approximate surface area is 188 Å². The van der Waals surface area contributed by atoms with Gasteiger partial charge in [-0.15, -0.1) is 0 Å². The molecule has 2 fully saturated rings. The first-order chi connectivity index (χ1) is 15.5. The second-order valence-corrected chi connectivity index (χ2v) is 8.87. The van der Waals surface area contributed by atoms with Crippen molar-refractivity contribution in [3.8, 4) is 0 Å². The molecule has 0 aliphatic carbocycles. The number of nitrogens with zero attached hydrogens (tertiary/aromatic N) is 2. The van der Waals surface area contributed by atoms with Gasteiger partial charge in [-0.1, -0.05) is 0 Å². The van der Waals surface area contributed by atoms with Crippen molar-refractivity contribution in [3.05, 3.63) is 65.2 Å². The minimum atomic E-state index is -0.379. The second-order valence-electron chi connectivity index (χ2n) is 8.87. The van der Waals surface area contributed by atoms with Crippen molar-refractivity contribution in [1.29, 1.82) is 0 Å². The molecule has 3 heterocycles. The van der Waals surface area contributed by atoms with Crippen LogP contribution in [0.15, 0.2) is 42.7 Å². The fraction of sp³-hybridized carbons (Fsp3) is 0.480. The molecular formula is C25H31FN4O2. The lowest BCUT2D eigenvalue weighted by Crippen LogP contribution is -2.56. The Bertz CT molecular complexity index is 965. The van der Waals surface area contributed by atoms with E-state index in [-0.39, 0.29) is 35.6 Å². The van der Waals surface area contributed by atoms with Gasteiger partial charge in [-0.05, 0) is 82.0 Å². The molecule has 4 unspecified atom stereocenters. The van der Waals surface area contributed by atoms with Crippen LogP contribution in [0, 0.1) is 5.82 Å². The zero-order chi connectivity index (χ0) is 22.7. The minimum absolute atomic E-state index is 0.0835. The van der Waals surface area contributed by atoms with Crippen LogP contribution in [0.5, 0.6) is 0 Å². The SMILES string of the molecule is CNC(C)C1CCCC(C(=O)N2CCCC2c2cncc(C(=O)c3ccc(F)cc3)c2)N1. The van der Waals surface area contributed by atoms with Gasteiger partial charge in [0.05, 0.1) is 12.1 Å². The molecule has 1 aromatic heterocycles. The molecule has 6 nitrogen and oxygen atoms in total. The van der Waals surface area contributed by atoms with Crippen molar-refractivity contribution in [1.82, 2.24) is 20.5 Å². The number of piperidine rings is 1. The number of carbonyl (C=O) groups excluding carboxylic acids is 2. The molecule has 4 atom stereocenters. The minimum Gasteiger partial charge on any atom is -0.334 e. The number of amides is 1. The van der Waals surface area contributed by atoms with Crippen LogP contribution in [0.2, 0.25) is 0 Å². The molecule has 0 spiro atoms. The number of benzene rings is 1. The molecule has 170 valence electrons. The van der Waals surface area contributed by atoms with Gasteiger partial charge in [0.15, 0.2) is 5.78 Å². The van der Waals surface area contributed by atoms with Crippen LogP contribution in [0.3, 0.4) is 0 Å². The van der Waals surface area contributed by atoms with Gasteiger partial charge in [0.2, 0.25) is 5.91 Å². The monoisotopic (exact) mass is 438 g/mol. The number of pyridine rings is 1. The average molecular weight is 439 g/mol. The van der Waals surface area contributed by atoms with Gasteiger partial charge in [0, 0.05) is 42.1 Å². The van der Waals surface area contributed by atoms with Gasteiger partial charge < -0.3 is 15.5 Å². The molecule has 2 aliphatic rings. The number of aromatic nitrogens is 1. The number of likely N-dealkylation sites (N-methyl/N-ethyl adjacent to an activating group) is 1. The molecule has 0 bridgehead atoms. The summed E-state index contributed by atoms with van der Waals surface area (Å²) in [6.07, 6.45) is 7.99. The van der Waals surface area contributed by atoms with E-state index in [1.54, 1.807) is 6.20 Å².